The highest BCUT2D eigenvalue weighted by atomic mass is 19.1. The van der Waals surface area contributed by atoms with E-state index in [-0.39, 0.29) is 23.9 Å². The Bertz CT molecular complexity index is 944. The number of piperazine rings is 1. The van der Waals surface area contributed by atoms with Gasteiger partial charge in [-0.1, -0.05) is 24.3 Å². The predicted molar refractivity (Wildman–Crippen MR) is 116 cm³/mol. The number of carbonyl (C=O) groups is 1. The zero-order valence-electron chi connectivity index (χ0n) is 17.0. The SMILES string of the molecule is CN(CCO)c1ccc(/C=C(\C#N)C(=O)N2CCN(c3ccccc3F)CC2)cc1. The van der Waals surface area contributed by atoms with Gasteiger partial charge in [0.2, 0.25) is 0 Å². The van der Waals surface area contributed by atoms with Gasteiger partial charge in [-0.05, 0) is 35.9 Å². The van der Waals surface area contributed by atoms with Crippen molar-refractivity contribution in [2.24, 2.45) is 0 Å². The van der Waals surface area contributed by atoms with Gasteiger partial charge in [0, 0.05) is 45.5 Å². The van der Waals surface area contributed by atoms with Crippen molar-refractivity contribution in [1.29, 1.82) is 5.26 Å². The van der Waals surface area contributed by atoms with Gasteiger partial charge in [-0.3, -0.25) is 4.79 Å². The van der Waals surface area contributed by atoms with Crippen LogP contribution in [0.25, 0.3) is 6.08 Å². The van der Waals surface area contributed by atoms with Crippen molar-refractivity contribution in [3.63, 3.8) is 0 Å². The first-order valence-electron chi connectivity index (χ1n) is 9.86. The van der Waals surface area contributed by atoms with Crippen LogP contribution < -0.4 is 9.80 Å². The summed E-state index contributed by atoms with van der Waals surface area (Å²) in [5, 5.41) is 18.5. The Morgan fingerprint density at radius 1 is 1.17 bits per heavy atom. The molecule has 0 spiro atoms. The quantitative estimate of drug-likeness (QED) is 0.588. The Labute approximate surface area is 176 Å². The van der Waals surface area contributed by atoms with Crippen LogP contribution in [0.1, 0.15) is 5.56 Å². The summed E-state index contributed by atoms with van der Waals surface area (Å²) in [7, 11) is 1.88. The maximum absolute atomic E-state index is 14.0. The molecule has 0 bridgehead atoms. The van der Waals surface area contributed by atoms with Crippen LogP contribution >= 0.6 is 0 Å². The molecular weight excluding hydrogens is 383 g/mol. The standard InChI is InChI=1S/C23H25FN4O2/c1-26(14-15-29)20-8-6-18(7-9-20)16-19(17-25)23(30)28-12-10-27(11-13-28)22-5-3-2-4-21(22)24/h2-9,16,29H,10-15H2,1H3/b19-16+. The summed E-state index contributed by atoms with van der Waals surface area (Å²) in [5.41, 5.74) is 2.30. The van der Waals surface area contributed by atoms with Gasteiger partial charge in [-0.25, -0.2) is 4.39 Å². The van der Waals surface area contributed by atoms with Crippen LogP contribution in [0.5, 0.6) is 0 Å². The number of carbonyl (C=O) groups excluding carboxylic acids is 1. The summed E-state index contributed by atoms with van der Waals surface area (Å²) in [6, 6.07) is 16.1. The maximum Gasteiger partial charge on any atom is 0.264 e. The zero-order valence-corrected chi connectivity index (χ0v) is 17.0. The van der Waals surface area contributed by atoms with Gasteiger partial charge in [0.15, 0.2) is 0 Å². The van der Waals surface area contributed by atoms with E-state index in [1.165, 1.54) is 6.07 Å². The Balaban J connectivity index is 1.65. The van der Waals surface area contributed by atoms with E-state index in [1.807, 2.05) is 47.2 Å². The number of aliphatic hydroxyl groups is 1. The molecule has 0 atom stereocenters. The highest BCUT2D eigenvalue weighted by molar-refractivity contribution is 6.01. The first kappa shape index (κ1) is 21.3. The molecule has 0 aliphatic carbocycles. The first-order valence-corrected chi connectivity index (χ1v) is 9.86. The van der Waals surface area contributed by atoms with Crippen molar-refractivity contribution in [3.05, 3.63) is 65.5 Å². The Morgan fingerprint density at radius 2 is 1.83 bits per heavy atom. The molecular formula is C23H25FN4O2. The number of para-hydroxylation sites is 1. The van der Waals surface area contributed by atoms with Crippen LogP contribution in [-0.4, -0.2) is 62.3 Å². The fourth-order valence-corrected chi connectivity index (χ4v) is 3.44. The van der Waals surface area contributed by atoms with E-state index in [4.69, 9.17) is 5.11 Å². The molecule has 1 aliphatic rings. The second kappa shape index (κ2) is 9.90. The van der Waals surface area contributed by atoms with Crippen molar-refractivity contribution in [3.8, 4) is 6.07 Å². The fourth-order valence-electron chi connectivity index (χ4n) is 3.44. The Hall–Kier alpha value is -3.37. The molecule has 7 heteroatoms. The third kappa shape index (κ3) is 4.97. The number of rotatable bonds is 6. The topological polar surface area (TPSA) is 70.8 Å². The van der Waals surface area contributed by atoms with Crippen LogP contribution in [0.3, 0.4) is 0 Å². The second-order valence-electron chi connectivity index (χ2n) is 7.14. The lowest BCUT2D eigenvalue weighted by atomic mass is 10.1. The van der Waals surface area contributed by atoms with Gasteiger partial charge in [0.25, 0.3) is 5.91 Å². The molecule has 156 valence electrons. The number of nitriles is 1. The number of likely N-dealkylation sites (N-methyl/N-ethyl adjacent to an activating group) is 1. The lowest BCUT2D eigenvalue weighted by molar-refractivity contribution is -0.126. The van der Waals surface area contributed by atoms with Crippen molar-refractivity contribution in [2.45, 2.75) is 0 Å². The van der Waals surface area contributed by atoms with E-state index in [1.54, 1.807) is 29.2 Å². The molecule has 2 aromatic rings. The van der Waals surface area contributed by atoms with Crippen LogP contribution in [0.4, 0.5) is 15.8 Å². The Kier molecular flexibility index (Phi) is 7.04. The van der Waals surface area contributed by atoms with E-state index in [9.17, 15) is 14.4 Å². The number of nitrogens with zero attached hydrogens (tertiary/aromatic N) is 4. The maximum atomic E-state index is 14.0. The van der Waals surface area contributed by atoms with Crippen LogP contribution in [0, 0.1) is 17.1 Å². The van der Waals surface area contributed by atoms with Gasteiger partial charge >= 0.3 is 0 Å². The number of hydrogen-bond donors (Lipinski definition) is 1. The van der Waals surface area contributed by atoms with E-state index in [2.05, 4.69) is 0 Å². The molecule has 0 unspecified atom stereocenters. The minimum atomic E-state index is -0.313. The third-order valence-corrected chi connectivity index (χ3v) is 5.19. The highest BCUT2D eigenvalue weighted by Gasteiger charge is 2.24. The van der Waals surface area contributed by atoms with E-state index >= 15 is 0 Å². The largest absolute Gasteiger partial charge is 0.395 e. The van der Waals surface area contributed by atoms with E-state index in [0.717, 1.165) is 11.3 Å². The monoisotopic (exact) mass is 408 g/mol. The normalized spacial score (nSPS) is 14.4. The summed E-state index contributed by atoms with van der Waals surface area (Å²) < 4.78 is 14.0. The zero-order chi connectivity index (χ0) is 21.5. The van der Waals surface area contributed by atoms with E-state index < -0.39 is 0 Å². The average Bonchev–Trinajstić information content (AvgIpc) is 2.78. The highest BCUT2D eigenvalue weighted by Crippen LogP contribution is 2.21. The summed E-state index contributed by atoms with van der Waals surface area (Å²) >= 11 is 0. The van der Waals surface area contributed by atoms with Crippen LogP contribution in [0.2, 0.25) is 0 Å². The summed E-state index contributed by atoms with van der Waals surface area (Å²) in [6.45, 7) is 2.47. The molecule has 0 radical (unpaired) electrons. The number of benzene rings is 2. The van der Waals surface area contributed by atoms with Crippen LogP contribution in [0.15, 0.2) is 54.1 Å². The molecule has 30 heavy (non-hydrogen) atoms. The smallest absolute Gasteiger partial charge is 0.264 e. The number of hydrogen-bond acceptors (Lipinski definition) is 5. The number of halogens is 1. The van der Waals surface area contributed by atoms with E-state index in [0.29, 0.717) is 38.4 Å². The number of anilines is 2. The summed E-state index contributed by atoms with van der Waals surface area (Å²) in [6.07, 6.45) is 1.58. The molecule has 0 saturated carbocycles. The molecule has 1 saturated heterocycles. The van der Waals surface area contributed by atoms with Gasteiger partial charge < -0.3 is 19.8 Å². The second-order valence-corrected chi connectivity index (χ2v) is 7.14. The van der Waals surface area contributed by atoms with Crippen molar-refractivity contribution in [2.75, 3.05) is 56.2 Å². The number of amides is 1. The molecule has 1 aliphatic heterocycles. The molecule has 3 rings (SSSR count). The summed E-state index contributed by atoms with van der Waals surface area (Å²) in [5.74, 6) is -0.588. The number of aliphatic hydroxyl groups excluding tert-OH is 1. The average molecular weight is 408 g/mol. The van der Waals surface area contributed by atoms with Gasteiger partial charge in [0.1, 0.15) is 17.5 Å². The molecule has 1 amide bonds. The molecule has 2 aromatic carbocycles. The molecule has 1 N–H and O–H groups in total. The molecule has 1 heterocycles. The molecule has 6 nitrogen and oxygen atoms in total. The predicted octanol–water partition coefficient (Wildman–Crippen LogP) is 2.51. The third-order valence-electron chi connectivity index (χ3n) is 5.19. The Morgan fingerprint density at radius 3 is 2.43 bits per heavy atom. The molecule has 0 aromatic heterocycles. The van der Waals surface area contributed by atoms with Gasteiger partial charge in [-0.2, -0.15) is 5.26 Å². The van der Waals surface area contributed by atoms with Crippen molar-refractivity contribution >= 4 is 23.4 Å². The minimum Gasteiger partial charge on any atom is -0.395 e. The first-order chi connectivity index (χ1) is 14.5. The lowest BCUT2D eigenvalue weighted by Crippen LogP contribution is -2.49. The molecule has 1 fully saturated rings. The van der Waals surface area contributed by atoms with Gasteiger partial charge in [0.05, 0.1) is 12.3 Å². The van der Waals surface area contributed by atoms with Crippen molar-refractivity contribution < 1.29 is 14.3 Å². The fraction of sp³-hybridized carbons (Fsp3) is 0.304. The van der Waals surface area contributed by atoms with Gasteiger partial charge in [-0.15, -0.1) is 0 Å². The minimum absolute atomic E-state index is 0.0649. The summed E-state index contributed by atoms with van der Waals surface area (Å²) in [4.78, 5) is 18.3. The van der Waals surface area contributed by atoms with Crippen LogP contribution in [-0.2, 0) is 4.79 Å². The lowest BCUT2D eigenvalue weighted by Gasteiger charge is -2.36. The van der Waals surface area contributed by atoms with Crippen molar-refractivity contribution in [1.82, 2.24) is 4.90 Å².